The van der Waals surface area contributed by atoms with Crippen molar-refractivity contribution in [2.45, 2.75) is 18.9 Å². The number of aromatic nitrogens is 3. The standard InChI is InChI=1S/C14H17N5O2/c1-20-10-5-6-12(21-2)11(7-10)17-13-8-15-19-14(18-13)16-9-3-4-9/h5-9H,3-4H2,1-2H3,(H2,16,17,18,19). The van der Waals surface area contributed by atoms with Crippen molar-refractivity contribution >= 4 is 17.5 Å². The monoisotopic (exact) mass is 287 g/mol. The molecule has 1 saturated carbocycles. The molecule has 7 nitrogen and oxygen atoms in total. The molecule has 110 valence electrons. The number of nitrogens with one attached hydrogen (secondary N) is 2. The Morgan fingerprint density at radius 2 is 2.05 bits per heavy atom. The van der Waals surface area contributed by atoms with Crippen molar-refractivity contribution in [1.82, 2.24) is 15.2 Å². The molecule has 0 spiro atoms. The summed E-state index contributed by atoms with van der Waals surface area (Å²) < 4.78 is 10.5. The molecule has 1 fully saturated rings. The van der Waals surface area contributed by atoms with Gasteiger partial charge in [0, 0.05) is 12.1 Å². The first-order valence-corrected chi connectivity index (χ1v) is 6.74. The number of rotatable bonds is 6. The van der Waals surface area contributed by atoms with Gasteiger partial charge in [0.1, 0.15) is 11.5 Å². The van der Waals surface area contributed by atoms with Crippen LogP contribution >= 0.6 is 0 Å². The fraction of sp³-hybridized carbons (Fsp3) is 0.357. The third-order valence-electron chi connectivity index (χ3n) is 3.14. The molecule has 1 aliphatic rings. The maximum atomic E-state index is 5.32. The lowest BCUT2D eigenvalue weighted by molar-refractivity contribution is 0.405. The van der Waals surface area contributed by atoms with Gasteiger partial charge in [-0.25, -0.2) is 0 Å². The van der Waals surface area contributed by atoms with Crippen LogP contribution in [-0.4, -0.2) is 35.4 Å². The number of anilines is 3. The minimum atomic E-state index is 0.480. The Kier molecular flexibility index (Phi) is 3.72. The first kappa shape index (κ1) is 13.4. The van der Waals surface area contributed by atoms with Crippen molar-refractivity contribution in [1.29, 1.82) is 0 Å². The third-order valence-corrected chi connectivity index (χ3v) is 3.14. The smallest absolute Gasteiger partial charge is 0.244 e. The maximum Gasteiger partial charge on any atom is 0.244 e. The quantitative estimate of drug-likeness (QED) is 0.843. The Labute approximate surface area is 122 Å². The molecule has 1 heterocycles. The molecule has 21 heavy (non-hydrogen) atoms. The zero-order valence-corrected chi connectivity index (χ0v) is 12.0. The molecule has 1 aromatic heterocycles. The lowest BCUT2D eigenvalue weighted by Crippen LogP contribution is -2.08. The molecule has 0 atom stereocenters. The molecule has 0 saturated heterocycles. The van der Waals surface area contributed by atoms with Crippen LogP contribution in [0.5, 0.6) is 11.5 Å². The Morgan fingerprint density at radius 1 is 1.19 bits per heavy atom. The summed E-state index contributed by atoms with van der Waals surface area (Å²) >= 11 is 0. The zero-order valence-electron chi connectivity index (χ0n) is 12.0. The predicted molar refractivity (Wildman–Crippen MR) is 79.3 cm³/mol. The van der Waals surface area contributed by atoms with Crippen LogP contribution in [-0.2, 0) is 0 Å². The van der Waals surface area contributed by atoms with Gasteiger partial charge in [0.25, 0.3) is 0 Å². The second kappa shape index (κ2) is 5.82. The highest BCUT2D eigenvalue weighted by atomic mass is 16.5. The van der Waals surface area contributed by atoms with Gasteiger partial charge in [-0.15, -0.1) is 5.10 Å². The van der Waals surface area contributed by atoms with E-state index in [1.165, 1.54) is 0 Å². The van der Waals surface area contributed by atoms with Gasteiger partial charge in [0.2, 0.25) is 5.95 Å². The van der Waals surface area contributed by atoms with Gasteiger partial charge in [-0.2, -0.15) is 10.1 Å². The maximum absolute atomic E-state index is 5.32. The molecule has 7 heteroatoms. The van der Waals surface area contributed by atoms with Crippen LogP contribution < -0.4 is 20.1 Å². The predicted octanol–water partition coefficient (Wildman–Crippen LogP) is 2.21. The minimum Gasteiger partial charge on any atom is -0.497 e. The Morgan fingerprint density at radius 3 is 2.76 bits per heavy atom. The highest BCUT2D eigenvalue weighted by Gasteiger charge is 2.22. The molecular formula is C14H17N5O2. The summed E-state index contributed by atoms with van der Waals surface area (Å²) in [5.41, 5.74) is 0.759. The Balaban J connectivity index is 1.81. The van der Waals surface area contributed by atoms with Crippen LogP contribution in [0.25, 0.3) is 0 Å². The molecule has 0 aliphatic heterocycles. The number of hydrogen-bond donors (Lipinski definition) is 2. The third kappa shape index (κ3) is 3.31. The highest BCUT2D eigenvalue weighted by molar-refractivity contribution is 5.66. The molecule has 0 unspecified atom stereocenters. The van der Waals surface area contributed by atoms with Crippen molar-refractivity contribution in [3.63, 3.8) is 0 Å². The van der Waals surface area contributed by atoms with E-state index < -0.39 is 0 Å². The highest BCUT2D eigenvalue weighted by Crippen LogP contribution is 2.31. The molecule has 0 amide bonds. The van der Waals surface area contributed by atoms with Crippen LogP contribution in [0.4, 0.5) is 17.5 Å². The normalized spacial score (nSPS) is 13.6. The number of methoxy groups -OCH3 is 2. The Hall–Kier alpha value is -2.57. The van der Waals surface area contributed by atoms with Gasteiger partial charge in [-0.1, -0.05) is 0 Å². The molecule has 1 aliphatic carbocycles. The number of nitrogens with zero attached hydrogens (tertiary/aromatic N) is 3. The van der Waals surface area contributed by atoms with Crippen LogP contribution in [0, 0.1) is 0 Å². The van der Waals surface area contributed by atoms with Gasteiger partial charge < -0.3 is 20.1 Å². The van der Waals surface area contributed by atoms with E-state index in [1.54, 1.807) is 20.4 Å². The van der Waals surface area contributed by atoms with E-state index >= 15 is 0 Å². The van der Waals surface area contributed by atoms with Crippen LogP contribution in [0.15, 0.2) is 24.4 Å². The summed E-state index contributed by atoms with van der Waals surface area (Å²) in [5.74, 6) is 2.56. The summed E-state index contributed by atoms with van der Waals surface area (Å²) in [6.07, 6.45) is 3.88. The summed E-state index contributed by atoms with van der Waals surface area (Å²) in [6.45, 7) is 0. The second-order valence-electron chi connectivity index (χ2n) is 4.78. The fourth-order valence-electron chi connectivity index (χ4n) is 1.88. The number of hydrogen-bond acceptors (Lipinski definition) is 7. The van der Waals surface area contributed by atoms with Gasteiger partial charge in [-0.05, 0) is 25.0 Å². The van der Waals surface area contributed by atoms with E-state index in [4.69, 9.17) is 9.47 Å². The first-order valence-electron chi connectivity index (χ1n) is 6.74. The second-order valence-corrected chi connectivity index (χ2v) is 4.78. The van der Waals surface area contributed by atoms with Crippen molar-refractivity contribution in [3.05, 3.63) is 24.4 Å². The van der Waals surface area contributed by atoms with E-state index in [0.717, 1.165) is 24.3 Å². The summed E-state index contributed by atoms with van der Waals surface area (Å²) in [5, 5.41) is 14.3. The average molecular weight is 287 g/mol. The zero-order chi connectivity index (χ0) is 14.7. The summed E-state index contributed by atoms with van der Waals surface area (Å²) in [6, 6.07) is 5.99. The molecule has 0 bridgehead atoms. The van der Waals surface area contributed by atoms with Gasteiger partial charge in [0.15, 0.2) is 5.82 Å². The first-order chi connectivity index (χ1) is 10.3. The van der Waals surface area contributed by atoms with Gasteiger partial charge in [0.05, 0.1) is 26.1 Å². The molecule has 3 rings (SSSR count). The fourth-order valence-corrected chi connectivity index (χ4v) is 1.88. The summed E-state index contributed by atoms with van der Waals surface area (Å²) in [7, 11) is 3.24. The van der Waals surface area contributed by atoms with Crippen LogP contribution in [0.1, 0.15) is 12.8 Å². The van der Waals surface area contributed by atoms with E-state index in [2.05, 4.69) is 25.8 Å². The van der Waals surface area contributed by atoms with Crippen LogP contribution in [0.3, 0.4) is 0 Å². The SMILES string of the molecule is COc1ccc(OC)c(Nc2cnnc(NC3CC3)n2)c1. The molecule has 2 aromatic rings. The summed E-state index contributed by atoms with van der Waals surface area (Å²) in [4.78, 5) is 4.39. The minimum absolute atomic E-state index is 0.480. The Bertz CT molecular complexity index is 631. The molecule has 2 N–H and O–H groups in total. The van der Waals surface area contributed by atoms with Crippen LogP contribution in [0.2, 0.25) is 0 Å². The van der Waals surface area contributed by atoms with Gasteiger partial charge in [-0.3, -0.25) is 0 Å². The number of benzene rings is 1. The van der Waals surface area contributed by atoms with Crippen molar-refractivity contribution in [2.75, 3.05) is 24.9 Å². The van der Waals surface area contributed by atoms with Crippen molar-refractivity contribution in [2.24, 2.45) is 0 Å². The lowest BCUT2D eigenvalue weighted by Gasteiger charge is -2.12. The lowest BCUT2D eigenvalue weighted by atomic mass is 10.2. The molecule has 0 radical (unpaired) electrons. The van der Waals surface area contributed by atoms with E-state index in [9.17, 15) is 0 Å². The van der Waals surface area contributed by atoms with Crippen molar-refractivity contribution < 1.29 is 9.47 Å². The topological polar surface area (TPSA) is 81.2 Å². The van der Waals surface area contributed by atoms with Crippen molar-refractivity contribution in [3.8, 4) is 11.5 Å². The van der Waals surface area contributed by atoms with E-state index in [-0.39, 0.29) is 0 Å². The number of ether oxygens (including phenoxy) is 2. The van der Waals surface area contributed by atoms with E-state index in [1.807, 2.05) is 18.2 Å². The molecular weight excluding hydrogens is 270 g/mol. The largest absolute Gasteiger partial charge is 0.497 e. The van der Waals surface area contributed by atoms with Gasteiger partial charge >= 0.3 is 0 Å². The average Bonchev–Trinajstić information content (AvgIpc) is 3.31. The molecule has 1 aromatic carbocycles. The van der Waals surface area contributed by atoms with E-state index in [0.29, 0.717) is 23.6 Å².